The smallest absolute Gasteiger partial charge is 0.230 e. The van der Waals surface area contributed by atoms with E-state index in [0.717, 1.165) is 29.8 Å². The Morgan fingerprint density at radius 3 is 2.83 bits per heavy atom. The van der Waals surface area contributed by atoms with Crippen LogP contribution in [0.1, 0.15) is 18.9 Å². The molecule has 3 heterocycles. The molecule has 0 aliphatic carbocycles. The number of nitrogens with zero attached hydrogens (tertiary/aromatic N) is 3. The molecule has 1 atom stereocenters. The quantitative estimate of drug-likeness (QED) is 0.681. The second kappa shape index (κ2) is 6.07. The van der Waals surface area contributed by atoms with E-state index in [1.54, 1.807) is 12.1 Å². The van der Waals surface area contributed by atoms with E-state index in [9.17, 15) is 0 Å². The van der Waals surface area contributed by atoms with Gasteiger partial charge in [-0.1, -0.05) is 36.2 Å². The van der Waals surface area contributed by atoms with Gasteiger partial charge in [0.15, 0.2) is 5.58 Å². The zero-order valence-corrected chi connectivity index (χ0v) is 14.4. The van der Waals surface area contributed by atoms with Crippen LogP contribution < -0.4 is 5.43 Å². The molecule has 0 bridgehead atoms. The SMILES string of the molecule is CC1CCNN=C1c1ccc2nc(-c3ccc(Cl)nc3Cl)oc2c1. The Bertz CT molecular complexity index is 951. The van der Waals surface area contributed by atoms with Gasteiger partial charge in [0.1, 0.15) is 15.8 Å². The van der Waals surface area contributed by atoms with Crippen molar-refractivity contribution in [3.8, 4) is 11.5 Å². The van der Waals surface area contributed by atoms with Crippen molar-refractivity contribution in [1.82, 2.24) is 15.4 Å². The van der Waals surface area contributed by atoms with Crippen molar-refractivity contribution in [1.29, 1.82) is 0 Å². The summed E-state index contributed by atoms with van der Waals surface area (Å²) in [5, 5.41) is 5.03. The van der Waals surface area contributed by atoms with Gasteiger partial charge in [-0.2, -0.15) is 5.10 Å². The summed E-state index contributed by atoms with van der Waals surface area (Å²) >= 11 is 12.0. The molecule has 1 unspecified atom stereocenters. The van der Waals surface area contributed by atoms with Gasteiger partial charge in [0, 0.05) is 18.0 Å². The minimum Gasteiger partial charge on any atom is -0.436 e. The van der Waals surface area contributed by atoms with E-state index in [0.29, 0.717) is 28.1 Å². The summed E-state index contributed by atoms with van der Waals surface area (Å²) in [5.74, 6) is 0.828. The highest BCUT2D eigenvalue weighted by molar-refractivity contribution is 6.34. The molecule has 0 amide bonds. The van der Waals surface area contributed by atoms with Crippen molar-refractivity contribution in [3.05, 3.63) is 46.2 Å². The van der Waals surface area contributed by atoms with Crippen LogP contribution in [0.2, 0.25) is 10.3 Å². The number of halogens is 2. The van der Waals surface area contributed by atoms with E-state index >= 15 is 0 Å². The average Bonchev–Trinajstić information content (AvgIpc) is 2.98. The van der Waals surface area contributed by atoms with Gasteiger partial charge in [-0.15, -0.1) is 0 Å². The van der Waals surface area contributed by atoms with Gasteiger partial charge in [0.2, 0.25) is 5.89 Å². The number of hydrogen-bond donors (Lipinski definition) is 1. The first-order valence-electron chi connectivity index (χ1n) is 7.65. The van der Waals surface area contributed by atoms with Crippen LogP contribution in [-0.4, -0.2) is 22.2 Å². The van der Waals surface area contributed by atoms with Crippen molar-refractivity contribution in [3.63, 3.8) is 0 Å². The second-order valence-corrected chi connectivity index (χ2v) is 6.51. The predicted molar refractivity (Wildman–Crippen MR) is 95.6 cm³/mol. The van der Waals surface area contributed by atoms with E-state index in [-0.39, 0.29) is 5.15 Å². The lowest BCUT2D eigenvalue weighted by atomic mass is 9.94. The van der Waals surface area contributed by atoms with E-state index in [2.05, 4.69) is 27.4 Å². The number of fused-ring (bicyclic) bond motifs is 1. The van der Waals surface area contributed by atoms with E-state index in [4.69, 9.17) is 27.6 Å². The standard InChI is InChI=1S/C17H14Cl2N4O/c1-9-6-7-20-23-15(9)10-2-4-12-13(8-10)24-17(21-12)11-3-5-14(18)22-16(11)19/h2-5,8-9,20H,6-7H2,1H3. The van der Waals surface area contributed by atoms with Crippen LogP contribution in [-0.2, 0) is 0 Å². The molecule has 24 heavy (non-hydrogen) atoms. The molecule has 3 aromatic rings. The first-order chi connectivity index (χ1) is 11.6. The lowest BCUT2D eigenvalue weighted by molar-refractivity contribution is 0.571. The molecule has 5 nitrogen and oxygen atoms in total. The summed E-state index contributed by atoms with van der Waals surface area (Å²) < 4.78 is 5.89. The summed E-state index contributed by atoms with van der Waals surface area (Å²) in [6.07, 6.45) is 1.06. The molecule has 2 aromatic heterocycles. The number of aromatic nitrogens is 2. The topological polar surface area (TPSA) is 63.3 Å². The van der Waals surface area contributed by atoms with Crippen molar-refractivity contribution in [2.75, 3.05) is 6.54 Å². The molecule has 0 radical (unpaired) electrons. The minimum atomic E-state index is 0.267. The molecular weight excluding hydrogens is 347 g/mol. The second-order valence-electron chi connectivity index (χ2n) is 5.77. The summed E-state index contributed by atoms with van der Waals surface area (Å²) in [6.45, 7) is 3.08. The molecule has 4 rings (SSSR count). The number of hydrogen-bond acceptors (Lipinski definition) is 5. The van der Waals surface area contributed by atoms with Crippen LogP contribution in [0.3, 0.4) is 0 Å². The Hall–Kier alpha value is -2.11. The third-order valence-corrected chi connectivity index (χ3v) is 4.58. The number of hydrazone groups is 1. The molecule has 1 aliphatic rings. The van der Waals surface area contributed by atoms with Gasteiger partial charge in [0.05, 0.1) is 11.3 Å². The molecule has 1 aromatic carbocycles. The molecule has 1 N–H and O–H groups in total. The summed E-state index contributed by atoms with van der Waals surface area (Å²) in [7, 11) is 0. The fourth-order valence-electron chi connectivity index (χ4n) is 2.79. The third kappa shape index (κ3) is 2.74. The van der Waals surface area contributed by atoms with Crippen molar-refractivity contribution >= 4 is 40.0 Å². The molecular formula is C17H14Cl2N4O. The van der Waals surface area contributed by atoms with Crippen molar-refractivity contribution in [2.45, 2.75) is 13.3 Å². The maximum atomic E-state index is 6.14. The molecule has 1 aliphatic heterocycles. The number of pyridine rings is 1. The van der Waals surface area contributed by atoms with Gasteiger partial charge in [0.25, 0.3) is 0 Å². The van der Waals surface area contributed by atoms with E-state index in [1.165, 1.54) is 0 Å². The number of nitrogens with one attached hydrogen (secondary N) is 1. The van der Waals surface area contributed by atoms with Gasteiger partial charge in [-0.05, 0) is 30.7 Å². The maximum absolute atomic E-state index is 6.14. The molecule has 0 saturated heterocycles. The molecule has 0 fully saturated rings. The monoisotopic (exact) mass is 360 g/mol. The Kier molecular flexibility index (Phi) is 3.90. The Morgan fingerprint density at radius 1 is 1.17 bits per heavy atom. The van der Waals surface area contributed by atoms with Crippen LogP contribution in [0.25, 0.3) is 22.6 Å². The van der Waals surface area contributed by atoms with E-state index < -0.39 is 0 Å². The minimum absolute atomic E-state index is 0.267. The van der Waals surface area contributed by atoms with Crippen LogP contribution in [0.4, 0.5) is 0 Å². The average molecular weight is 361 g/mol. The fourth-order valence-corrected chi connectivity index (χ4v) is 3.21. The van der Waals surface area contributed by atoms with Crippen LogP contribution in [0.15, 0.2) is 39.9 Å². The molecule has 7 heteroatoms. The fraction of sp³-hybridized carbons (Fsp3) is 0.235. The highest BCUT2D eigenvalue weighted by atomic mass is 35.5. The van der Waals surface area contributed by atoms with Crippen LogP contribution in [0, 0.1) is 5.92 Å². The Balaban J connectivity index is 1.77. The predicted octanol–water partition coefficient (Wildman–Crippen LogP) is 4.53. The highest BCUT2D eigenvalue weighted by Gasteiger charge is 2.19. The zero-order valence-electron chi connectivity index (χ0n) is 12.9. The normalized spacial score (nSPS) is 17.6. The largest absolute Gasteiger partial charge is 0.436 e. The number of oxazole rings is 1. The first kappa shape index (κ1) is 15.4. The maximum Gasteiger partial charge on any atom is 0.230 e. The van der Waals surface area contributed by atoms with Gasteiger partial charge < -0.3 is 9.84 Å². The summed E-state index contributed by atoms with van der Waals surface area (Å²) in [6, 6.07) is 9.32. The molecule has 0 saturated carbocycles. The van der Waals surface area contributed by atoms with Gasteiger partial charge in [-0.3, -0.25) is 0 Å². The summed E-state index contributed by atoms with van der Waals surface area (Å²) in [4.78, 5) is 8.51. The summed E-state index contributed by atoms with van der Waals surface area (Å²) in [5.41, 5.74) is 7.19. The Morgan fingerprint density at radius 2 is 2.04 bits per heavy atom. The van der Waals surface area contributed by atoms with Crippen molar-refractivity contribution in [2.24, 2.45) is 11.0 Å². The molecule has 0 spiro atoms. The lowest BCUT2D eigenvalue weighted by Crippen LogP contribution is -2.27. The molecule has 122 valence electrons. The number of rotatable bonds is 2. The van der Waals surface area contributed by atoms with Gasteiger partial charge in [-0.25, -0.2) is 9.97 Å². The highest BCUT2D eigenvalue weighted by Crippen LogP contribution is 2.30. The van der Waals surface area contributed by atoms with Crippen LogP contribution in [0.5, 0.6) is 0 Å². The first-order valence-corrected chi connectivity index (χ1v) is 8.41. The van der Waals surface area contributed by atoms with Crippen LogP contribution >= 0.6 is 23.2 Å². The third-order valence-electron chi connectivity index (χ3n) is 4.08. The number of benzene rings is 1. The van der Waals surface area contributed by atoms with E-state index in [1.807, 2.05) is 18.2 Å². The van der Waals surface area contributed by atoms with Gasteiger partial charge >= 0.3 is 0 Å². The zero-order chi connectivity index (χ0) is 16.7. The lowest BCUT2D eigenvalue weighted by Gasteiger charge is -2.19. The van der Waals surface area contributed by atoms with Crippen molar-refractivity contribution < 1.29 is 4.42 Å². The Labute approximate surface area is 148 Å².